The molecule has 0 saturated heterocycles. The number of anilines is 1. The van der Waals surface area contributed by atoms with Crippen LogP contribution in [-0.2, 0) is 20.8 Å². The van der Waals surface area contributed by atoms with Gasteiger partial charge < -0.3 is 15.7 Å². The molecule has 0 bridgehead atoms. The zero-order valence-electron chi connectivity index (χ0n) is 13.8. The molecule has 0 radical (unpaired) electrons. The van der Waals surface area contributed by atoms with E-state index >= 15 is 0 Å². The van der Waals surface area contributed by atoms with Gasteiger partial charge in [-0.15, -0.1) is 0 Å². The van der Waals surface area contributed by atoms with Gasteiger partial charge in [-0.3, -0.25) is 14.4 Å². The Morgan fingerprint density at radius 3 is 2.17 bits per heavy atom. The average molecular weight is 320 g/mol. The average Bonchev–Trinajstić information content (AvgIpc) is 2.45. The molecule has 0 aliphatic carbocycles. The number of aliphatic carboxylic acids is 1. The highest BCUT2D eigenvalue weighted by Gasteiger charge is 2.20. The molecule has 0 spiro atoms. The summed E-state index contributed by atoms with van der Waals surface area (Å²) in [6, 6.07) is 7.06. The summed E-state index contributed by atoms with van der Waals surface area (Å²) < 4.78 is 0. The van der Waals surface area contributed by atoms with Crippen LogP contribution >= 0.6 is 0 Å². The molecule has 0 saturated carbocycles. The van der Waals surface area contributed by atoms with E-state index in [0.29, 0.717) is 18.7 Å². The fraction of sp³-hybridized carbons (Fsp3) is 0.471. The van der Waals surface area contributed by atoms with Crippen LogP contribution in [0.25, 0.3) is 0 Å². The van der Waals surface area contributed by atoms with E-state index in [4.69, 9.17) is 5.11 Å². The molecule has 6 heteroatoms. The first-order chi connectivity index (χ1) is 10.7. The van der Waals surface area contributed by atoms with E-state index in [9.17, 15) is 14.4 Å². The first-order valence-corrected chi connectivity index (χ1v) is 7.57. The predicted octanol–water partition coefficient (Wildman–Crippen LogP) is 2.19. The van der Waals surface area contributed by atoms with Crippen LogP contribution in [0.5, 0.6) is 0 Å². The van der Waals surface area contributed by atoms with Crippen molar-refractivity contribution in [3.05, 3.63) is 29.8 Å². The molecular weight excluding hydrogens is 296 g/mol. The van der Waals surface area contributed by atoms with E-state index < -0.39 is 11.4 Å². The first kappa shape index (κ1) is 18.7. The largest absolute Gasteiger partial charge is 0.481 e. The van der Waals surface area contributed by atoms with Crippen molar-refractivity contribution in [2.75, 3.05) is 11.9 Å². The second-order valence-electron chi connectivity index (χ2n) is 6.39. The van der Waals surface area contributed by atoms with Gasteiger partial charge in [0, 0.05) is 30.5 Å². The molecule has 0 aromatic heterocycles. The highest BCUT2D eigenvalue weighted by molar-refractivity contribution is 5.91. The van der Waals surface area contributed by atoms with Crippen LogP contribution in [0.1, 0.15) is 39.2 Å². The molecule has 0 aliphatic heterocycles. The van der Waals surface area contributed by atoms with Crippen molar-refractivity contribution >= 4 is 23.5 Å². The first-order valence-electron chi connectivity index (χ1n) is 7.57. The van der Waals surface area contributed by atoms with Crippen LogP contribution in [0.4, 0.5) is 5.69 Å². The molecule has 1 aromatic carbocycles. The normalized spacial score (nSPS) is 10.9. The van der Waals surface area contributed by atoms with Crippen LogP contribution in [-0.4, -0.2) is 29.4 Å². The number of carbonyl (C=O) groups excluding carboxylic acids is 2. The number of aryl methyl sites for hydroxylation is 1. The maximum absolute atomic E-state index is 11.8. The number of rotatable bonds is 7. The van der Waals surface area contributed by atoms with Crippen LogP contribution in [0.2, 0.25) is 0 Å². The standard InChI is InChI=1S/C17H24N2O4/c1-17(2,3)16(23)18-11-10-14(20)19-13-7-4-12(5-8-13)6-9-15(21)22/h4-5,7-8H,6,9-11H2,1-3H3,(H,18,23)(H,19,20)(H,21,22). The van der Waals surface area contributed by atoms with E-state index in [1.165, 1.54) is 0 Å². The second kappa shape index (κ2) is 8.31. The minimum absolute atomic E-state index is 0.0825. The monoisotopic (exact) mass is 320 g/mol. The molecule has 0 unspecified atom stereocenters. The Morgan fingerprint density at radius 2 is 1.65 bits per heavy atom. The van der Waals surface area contributed by atoms with Gasteiger partial charge >= 0.3 is 5.97 Å². The van der Waals surface area contributed by atoms with Gasteiger partial charge in [-0.1, -0.05) is 32.9 Å². The van der Waals surface area contributed by atoms with Gasteiger partial charge in [0.05, 0.1) is 0 Å². The fourth-order valence-electron chi connectivity index (χ4n) is 1.78. The molecule has 0 atom stereocenters. The summed E-state index contributed by atoms with van der Waals surface area (Å²) in [6.07, 6.45) is 0.740. The summed E-state index contributed by atoms with van der Waals surface area (Å²) in [5.41, 5.74) is 1.08. The van der Waals surface area contributed by atoms with Crippen LogP contribution in [0.15, 0.2) is 24.3 Å². The summed E-state index contributed by atoms with van der Waals surface area (Å²) in [6.45, 7) is 5.73. The molecule has 23 heavy (non-hydrogen) atoms. The Kier molecular flexibility index (Phi) is 6.75. The van der Waals surface area contributed by atoms with Crippen molar-refractivity contribution in [3.63, 3.8) is 0 Å². The van der Waals surface area contributed by atoms with Crippen molar-refractivity contribution < 1.29 is 19.5 Å². The lowest BCUT2D eigenvalue weighted by atomic mass is 9.96. The fourth-order valence-corrected chi connectivity index (χ4v) is 1.78. The Morgan fingerprint density at radius 1 is 1.04 bits per heavy atom. The highest BCUT2D eigenvalue weighted by atomic mass is 16.4. The van der Waals surface area contributed by atoms with Crippen LogP contribution in [0, 0.1) is 5.41 Å². The molecule has 1 aromatic rings. The maximum Gasteiger partial charge on any atom is 0.303 e. The zero-order valence-corrected chi connectivity index (χ0v) is 13.8. The van der Waals surface area contributed by atoms with E-state index in [2.05, 4.69) is 10.6 Å². The number of amides is 2. The number of carboxylic acid groups (broad SMARTS) is 1. The second-order valence-corrected chi connectivity index (χ2v) is 6.39. The van der Waals surface area contributed by atoms with Gasteiger partial charge in [0.1, 0.15) is 0 Å². The lowest BCUT2D eigenvalue weighted by molar-refractivity contribution is -0.137. The maximum atomic E-state index is 11.8. The van der Waals surface area contributed by atoms with Gasteiger partial charge in [0.15, 0.2) is 0 Å². The molecule has 1 rings (SSSR count). The van der Waals surface area contributed by atoms with Gasteiger partial charge in [-0.2, -0.15) is 0 Å². The van der Waals surface area contributed by atoms with E-state index in [1.54, 1.807) is 24.3 Å². The van der Waals surface area contributed by atoms with Gasteiger partial charge in [0.25, 0.3) is 0 Å². The summed E-state index contributed by atoms with van der Waals surface area (Å²) in [5.74, 6) is -1.11. The molecule has 126 valence electrons. The smallest absolute Gasteiger partial charge is 0.303 e. The Bertz CT molecular complexity index is 559. The number of benzene rings is 1. The Labute approximate surface area is 136 Å². The van der Waals surface area contributed by atoms with E-state index in [1.807, 2.05) is 20.8 Å². The number of carbonyl (C=O) groups is 3. The van der Waals surface area contributed by atoms with Crippen molar-refractivity contribution in [1.29, 1.82) is 0 Å². The highest BCUT2D eigenvalue weighted by Crippen LogP contribution is 2.13. The molecular formula is C17H24N2O4. The van der Waals surface area contributed by atoms with Crippen molar-refractivity contribution in [1.82, 2.24) is 5.32 Å². The summed E-state index contributed by atoms with van der Waals surface area (Å²) in [7, 11) is 0. The summed E-state index contributed by atoms with van der Waals surface area (Å²) in [4.78, 5) is 34.0. The van der Waals surface area contributed by atoms with Crippen molar-refractivity contribution in [2.45, 2.75) is 40.0 Å². The third kappa shape index (κ3) is 7.44. The SMILES string of the molecule is CC(C)(C)C(=O)NCCC(=O)Nc1ccc(CCC(=O)O)cc1. The van der Waals surface area contributed by atoms with E-state index in [-0.39, 0.29) is 24.7 Å². The van der Waals surface area contributed by atoms with Gasteiger partial charge in [0.2, 0.25) is 11.8 Å². The lowest BCUT2D eigenvalue weighted by Gasteiger charge is -2.17. The number of hydrogen-bond donors (Lipinski definition) is 3. The van der Waals surface area contributed by atoms with Crippen LogP contribution < -0.4 is 10.6 Å². The Hall–Kier alpha value is -2.37. The van der Waals surface area contributed by atoms with Gasteiger partial charge in [-0.05, 0) is 24.1 Å². The molecule has 6 nitrogen and oxygen atoms in total. The molecule has 2 amide bonds. The van der Waals surface area contributed by atoms with Gasteiger partial charge in [-0.25, -0.2) is 0 Å². The third-order valence-corrected chi connectivity index (χ3v) is 3.18. The minimum Gasteiger partial charge on any atom is -0.481 e. The minimum atomic E-state index is -0.834. The predicted molar refractivity (Wildman–Crippen MR) is 88.1 cm³/mol. The Balaban J connectivity index is 2.37. The molecule has 0 fully saturated rings. The number of carboxylic acids is 1. The quantitative estimate of drug-likeness (QED) is 0.717. The third-order valence-electron chi connectivity index (χ3n) is 3.18. The molecule has 0 aliphatic rings. The summed E-state index contributed by atoms with van der Waals surface area (Å²) in [5, 5.41) is 14.1. The van der Waals surface area contributed by atoms with E-state index in [0.717, 1.165) is 5.56 Å². The van der Waals surface area contributed by atoms with Crippen molar-refractivity contribution in [2.24, 2.45) is 5.41 Å². The molecule has 3 N–H and O–H groups in total. The molecule has 0 heterocycles. The topological polar surface area (TPSA) is 95.5 Å². The van der Waals surface area contributed by atoms with Crippen molar-refractivity contribution in [3.8, 4) is 0 Å². The zero-order chi connectivity index (χ0) is 17.5. The number of hydrogen-bond acceptors (Lipinski definition) is 3. The summed E-state index contributed by atoms with van der Waals surface area (Å²) >= 11 is 0. The lowest BCUT2D eigenvalue weighted by Crippen LogP contribution is -2.36. The number of nitrogens with one attached hydrogen (secondary N) is 2. The van der Waals surface area contributed by atoms with Crippen LogP contribution in [0.3, 0.4) is 0 Å².